The Labute approximate surface area is 160 Å². The minimum atomic E-state index is -2.90. The maximum Gasteiger partial charge on any atom is 0.136 e. The molecule has 0 aliphatic rings. The molecule has 2 rings (SSSR count). The molecule has 0 heterocycles. The molecule has 0 fully saturated rings. The third-order valence-corrected chi connectivity index (χ3v) is 5.37. The van der Waals surface area contributed by atoms with Gasteiger partial charge in [0.25, 0.3) is 0 Å². The zero-order valence-corrected chi connectivity index (χ0v) is 17.1. The molecule has 2 N–H and O–H groups in total. The number of rotatable bonds is 8. The molecule has 0 bridgehead atoms. The van der Waals surface area contributed by atoms with Gasteiger partial charge in [0.1, 0.15) is 11.5 Å². The fourth-order valence-corrected chi connectivity index (χ4v) is 3.97. The molecule has 26 heavy (non-hydrogen) atoms. The topological polar surface area (TPSA) is 71.4 Å². The Balaban J connectivity index is 2.09. The van der Waals surface area contributed by atoms with Gasteiger partial charge < -0.3 is 14.8 Å². The fourth-order valence-electron chi connectivity index (χ4n) is 2.80. The van der Waals surface area contributed by atoms with E-state index in [9.17, 15) is 4.21 Å². The van der Waals surface area contributed by atoms with E-state index in [-0.39, 0.29) is 0 Å². The number of hydrogen-bond acceptors (Lipinski definition) is 5. The van der Waals surface area contributed by atoms with Crippen LogP contribution in [0.3, 0.4) is 0 Å². The minimum absolute atomic E-state index is 0.350. The zero-order chi connectivity index (χ0) is 19.3. The van der Waals surface area contributed by atoms with E-state index in [1.54, 1.807) is 19.2 Å². The smallest absolute Gasteiger partial charge is 0.136 e. The van der Waals surface area contributed by atoms with Crippen molar-refractivity contribution in [2.24, 2.45) is 0 Å². The van der Waals surface area contributed by atoms with E-state index in [1.165, 1.54) is 13.4 Å². The lowest BCUT2D eigenvalue weighted by molar-refractivity contribution is 0.389. The molecule has 0 spiro atoms. The summed E-state index contributed by atoms with van der Waals surface area (Å²) in [5.41, 5.74) is 3.20. The molecule has 2 aromatic carbocycles. The molecular weight excluding hydrogens is 372 g/mol. The SMILES string of the molecule is COc1cc([S@@](C)(=N)=O)c(OC)cc1CCNCc1cc(C)cc(Cl)c1. The van der Waals surface area contributed by atoms with Gasteiger partial charge in [-0.25, -0.2) is 8.99 Å². The number of nitrogens with one attached hydrogen (secondary N) is 2. The number of methoxy groups -OCH3 is 2. The van der Waals surface area contributed by atoms with Crippen LogP contribution in [0.15, 0.2) is 35.2 Å². The van der Waals surface area contributed by atoms with Gasteiger partial charge in [0.2, 0.25) is 0 Å². The quantitative estimate of drug-likeness (QED) is 0.661. The zero-order valence-electron chi connectivity index (χ0n) is 15.5. The Bertz CT molecular complexity index is 862. The molecular formula is C19H25ClN2O3S. The Kier molecular flexibility index (Phi) is 6.92. The molecule has 0 aliphatic heterocycles. The maximum atomic E-state index is 12.1. The summed E-state index contributed by atoms with van der Waals surface area (Å²) in [4.78, 5) is 0.350. The second-order valence-electron chi connectivity index (χ2n) is 6.22. The van der Waals surface area contributed by atoms with Crippen molar-refractivity contribution >= 4 is 21.3 Å². The van der Waals surface area contributed by atoms with E-state index < -0.39 is 9.73 Å². The average Bonchev–Trinajstić information content (AvgIpc) is 2.56. The van der Waals surface area contributed by atoms with Crippen LogP contribution in [0.25, 0.3) is 0 Å². The summed E-state index contributed by atoms with van der Waals surface area (Å²) >= 11 is 6.09. The predicted octanol–water partition coefficient (Wildman–Crippen LogP) is 4.03. The van der Waals surface area contributed by atoms with Crippen molar-refractivity contribution in [3.63, 3.8) is 0 Å². The molecule has 5 nitrogen and oxygen atoms in total. The standard InChI is InChI=1S/C19H25ClN2O3S/c1-13-7-14(9-16(20)8-13)12-22-6-5-15-10-18(25-3)19(26(4,21)23)11-17(15)24-2/h7-11,21-22H,5-6,12H2,1-4H3/t26-/m0/s1. The highest BCUT2D eigenvalue weighted by Gasteiger charge is 2.16. The van der Waals surface area contributed by atoms with E-state index in [4.69, 9.17) is 25.9 Å². The molecule has 0 aromatic heterocycles. The highest BCUT2D eigenvalue weighted by atomic mass is 35.5. The van der Waals surface area contributed by atoms with E-state index >= 15 is 0 Å². The first-order valence-corrected chi connectivity index (χ1v) is 10.5. The maximum absolute atomic E-state index is 12.1. The summed E-state index contributed by atoms with van der Waals surface area (Å²) in [5.74, 6) is 1.07. The van der Waals surface area contributed by atoms with E-state index in [0.717, 1.165) is 28.3 Å². The van der Waals surface area contributed by atoms with Gasteiger partial charge in [-0.05, 0) is 54.8 Å². The fraction of sp³-hybridized carbons (Fsp3) is 0.368. The third kappa shape index (κ3) is 5.37. The van der Waals surface area contributed by atoms with Crippen LogP contribution in [0.4, 0.5) is 0 Å². The number of halogens is 1. The van der Waals surface area contributed by atoms with Gasteiger partial charge in [-0.15, -0.1) is 0 Å². The monoisotopic (exact) mass is 396 g/mol. The predicted molar refractivity (Wildman–Crippen MR) is 106 cm³/mol. The van der Waals surface area contributed by atoms with Crippen LogP contribution in [0.2, 0.25) is 5.02 Å². The largest absolute Gasteiger partial charge is 0.496 e. The van der Waals surface area contributed by atoms with Gasteiger partial charge in [-0.2, -0.15) is 0 Å². The molecule has 0 saturated heterocycles. The summed E-state index contributed by atoms with van der Waals surface area (Å²) in [5, 5.41) is 4.13. The Morgan fingerprint density at radius 3 is 2.38 bits per heavy atom. The molecule has 7 heteroatoms. The van der Waals surface area contributed by atoms with Gasteiger partial charge in [0, 0.05) is 23.9 Å². The van der Waals surface area contributed by atoms with Crippen molar-refractivity contribution < 1.29 is 13.7 Å². The van der Waals surface area contributed by atoms with Gasteiger partial charge >= 0.3 is 0 Å². The molecule has 142 valence electrons. The third-order valence-electron chi connectivity index (χ3n) is 3.99. The lowest BCUT2D eigenvalue weighted by Gasteiger charge is -2.15. The van der Waals surface area contributed by atoms with E-state index in [2.05, 4.69) is 11.4 Å². The number of benzene rings is 2. The van der Waals surface area contributed by atoms with Crippen molar-refractivity contribution in [1.82, 2.24) is 5.32 Å². The summed E-state index contributed by atoms with van der Waals surface area (Å²) < 4.78 is 30.7. The number of aryl methyl sites for hydroxylation is 1. The van der Waals surface area contributed by atoms with E-state index in [1.807, 2.05) is 19.1 Å². The van der Waals surface area contributed by atoms with Gasteiger partial charge in [0.05, 0.1) is 28.8 Å². The highest BCUT2D eigenvalue weighted by molar-refractivity contribution is 7.91. The lowest BCUT2D eigenvalue weighted by Crippen LogP contribution is -2.17. The minimum Gasteiger partial charge on any atom is -0.496 e. The van der Waals surface area contributed by atoms with Crippen LogP contribution in [0.1, 0.15) is 16.7 Å². The van der Waals surface area contributed by atoms with Crippen molar-refractivity contribution in [3.05, 3.63) is 52.0 Å². The Hall–Kier alpha value is -1.76. The summed E-state index contributed by atoms with van der Waals surface area (Å²) in [7, 11) is 0.185. The van der Waals surface area contributed by atoms with Crippen LogP contribution in [0, 0.1) is 11.7 Å². The number of hydrogen-bond donors (Lipinski definition) is 2. The highest BCUT2D eigenvalue weighted by Crippen LogP contribution is 2.32. The Morgan fingerprint density at radius 2 is 1.81 bits per heavy atom. The second kappa shape index (κ2) is 8.75. The molecule has 2 aromatic rings. The summed E-state index contributed by atoms with van der Waals surface area (Å²) in [6.45, 7) is 3.47. The van der Waals surface area contributed by atoms with Gasteiger partial charge in [-0.3, -0.25) is 0 Å². The van der Waals surface area contributed by atoms with Gasteiger partial charge in [0.15, 0.2) is 0 Å². The Morgan fingerprint density at radius 1 is 1.12 bits per heavy atom. The summed E-state index contributed by atoms with van der Waals surface area (Å²) in [6, 6.07) is 9.43. The first-order chi connectivity index (χ1) is 12.2. The number of ether oxygens (including phenoxy) is 2. The molecule has 0 aliphatic carbocycles. The van der Waals surface area contributed by atoms with Crippen molar-refractivity contribution in [2.75, 3.05) is 27.0 Å². The summed E-state index contributed by atoms with van der Waals surface area (Å²) in [6.07, 6.45) is 2.08. The van der Waals surface area contributed by atoms with E-state index in [0.29, 0.717) is 29.4 Å². The normalized spacial score (nSPS) is 13.3. The second-order valence-corrected chi connectivity index (χ2v) is 8.79. The van der Waals surface area contributed by atoms with Crippen LogP contribution < -0.4 is 14.8 Å². The lowest BCUT2D eigenvalue weighted by atomic mass is 10.1. The van der Waals surface area contributed by atoms with Crippen LogP contribution in [-0.4, -0.2) is 31.2 Å². The van der Waals surface area contributed by atoms with Crippen molar-refractivity contribution in [3.8, 4) is 11.5 Å². The first kappa shape index (κ1) is 20.6. The molecule has 0 unspecified atom stereocenters. The first-order valence-electron chi connectivity index (χ1n) is 8.20. The molecule has 0 amide bonds. The van der Waals surface area contributed by atoms with Crippen LogP contribution >= 0.6 is 11.6 Å². The van der Waals surface area contributed by atoms with Gasteiger partial charge in [-0.1, -0.05) is 17.7 Å². The average molecular weight is 397 g/mol. The van der Waals surface area contributed by atoms with Crippen molar-refractivity contribution in [2.45, 2.75) is 24.8 Å². The van der Waals surface area contributed by atoms with Crippen LogP contribution in [-0.2, 0) is 22.7 Å². The molecule has 0 radical (unpaired) electrons. The van der Waals surface area contributed by atoms with Crippen molar-refractivity contribution in [1.29, 1.82) is 4.78 Å². The molecule has 0 saturated carbocycles. The van der Waals surface area contributed by atoms with Crippen LogP contribution in [0.5, 0.6) is 11.5 Å². The molecule has 1 atom stereocenters.